The van der Waals surface area contributed by atoms with E-state index in [1.54, 1.807) is 0 Å². The molecule has 0 aliphatic heterocycles. The van der Waals surface area contributed by atoms with Crippen LogP contribution in [0.5, 0.6) is 0 Å². The van der Waals surface area contributed by atoms with E-state index in [-0.39, 0.29) is 5.92 Å². The summed E-state index contributed by atoms with van der Waals surface area (Å²) in [7, 11) is 0. The van der Waals surface area contributed by atoms with Crippen molar-refractivity contribution in [2.24, 2.45) is 5.92 Å². The fraction of sp³-hybridized carbons (Fsp3) is 0.364. The lowest BCUT2D eigenvalue weighted by molar-refractivity contribution is -0.110. The summed E-state index contributed by atoms with van der Waals surface area (Å²) in [5.74, 6) is 0.0699. The van der Waals surface area contributed by atoms with Crippen LogP contribution in [0.2, 0.25) is 0 Å². The van der Waals surface area contributed by atoms with E-state index in [9.17, 15) is 4.79 Å². The molecule has 0 bridgehead atoms. The van der Waals surface area contributed by atoms with Crippen LogP contribution in [0.25, 0.3) is 0 Å². The summed E-state index contributed by atoms with van der Waals surface area (Å²) < 4.78 is 0. The highest BCUT2D eigenvalue weighted by Gasteiger charge is 2.05. The second-order valence-electron chi connectivity index (χ2n) is 3.45. The van der Waals surface area contributed by atoms with Crippen molar-refractivity contribution < 1.29 is 4.79 Å². The third-order valence-corrected chi connectivity index (χ3v) is 2.26. The molecule has 2 heteroatoms. The van der Waals surface area contributed by atoms with E-state index in [0.717, 1.165) is 24.0 Å². The number of rotatable bonds is 3. The van der Waals surface area contributed by atoms with Crippen LogP contribution in [0, 0.1) is 12.8 Å². The zero-order chi connectivity index (χ0) is 9.84. The highest BCUT2D eigenvalue weighted by Crippen LogP contribution is 2.17. The molecule has 70 valence electrons. The first kappa shape index (κ1) is 9.78. The number of carbonyl (C=O) groups is 1. The van der Waals surface area contributed by atoms with Crippen molar-refractivity contribution in [3.63, 3.8) is 0 Å². The van der Waals surface area contributed by atoms with Crippen molar-refractivity contribution in [3.05, 3.63) is 29.3 Å². The highest BCUT2D eigenvalue weighted by molar-refractivity contribution is 5.56. The highest BCUT2D eigenvalue weighted by atomic mass is 16.1. The van der Waals surface area contributed by atoms with Crippen molar-refractivity contribution >= 4 is 12.0 Å². The van der Waals surface area contributed by atoms with Gasteiger partial charge in [0, 0.05) is 11.6 Å². The number of aldehydes is 1. The third-order valence-electron chi connectivity index (χ3n) is 2.26. The number of nitrogen functional groups attached to an aromatic ring is 1. The van der Waals surface area contributed by atoms with Crippen molar-refractivity contribution in [1.82, 2.24) is 0 Å². The number of anilines is 1. The van der Waals surface area contributed by atoms with Gasteiger partial charge in [0.15, 0.2) is 0 Å². The minimum absolute atomic E-state index is 0.0699. The van der Waals surface area contributed by atoms with E-state index in [0.29, 0.717) is 0 Å². The van der Waals surface area contributed by atoms with E-state index in [2.05, 4.69) is 0 Å². The molecule has 0 aliphatic rings. The largest absolute Gasteiger partial charge is 0.399 e. The second-order valence-corrected chi connectivity index (χ2v) is 3.45. The molecule has 1 aromatic carbocycles. The molecule has 0 saturated heterocycles. The Hall–Kier alpha value is -1.31. The monoisotopic (exact) mass is 177 g/mol. The quantitative estimate of drug-likeness (QED) is 0.566. The van der Waals surface area contributed by atoms with Gasteiger partial charge in [0.2, 0.25) is 0 Å². The fourth-order valence-electron chi connectivity index (χ4n) is 1.32. The van der Waals surface area contributed by atoms with Gasteiger partial charge in [-0.15, -0.1) is 0 Å². The van der Waals surface area contributed by atoms with Gasteiger partial charge in [-0.1, -0.05) is 19.1 Å². The summed E-state index contributed by atoms with van der Waals surface area (Å²) in [5.41, 5.74) is 8.81. The smallest absolute Gasteiger partial charge is 0.123 e. The number of nitrogens with two attached hydrogens (primary N) is 1. The van der Waals surface area contributed by atoms with Crippen LogP contribution in [0.15, 0.2) is 18.2 Å². The van der Waals surface area contributed by atoms with E-state index >= 15 is 0 Å². The molecule has 0 aliphatic carbocycles. The van der Waals surface area contributed by atoms with Crippen LogP contribution in [0.4, 0.5) is 5.69 Å². The van der Waals surface area contributed by atoms with Crippen LogP contribution in [0.3, 0.4) is 0 Å². The van der Waals surface area contributed by atoms with Crippen LogP contribution in [-0.4, -0.2) is 6.29 Å². The van der Waals surface area contributed by atoms with Gasteiger partial charge in [0.25, 0.3) is 0 Å². The Morgan fingerprint density at radius 3 is 2.85 bits per heavy atom. The molecule has 1 rings (SSSR count). The molecule has 0 aromatic heterocycles. The third kappa shape index (κ3) is 2.31. The first-order valence-corrected chi connectivity index (χ1v) is 4.44. The fourth-order valence-corrected chi connectivity index (χ4v) is 1.32. The van der Waals surface area contributed by atoms with Gasteiger partial charge in [-0.25, -0.2) is 0 Å². The number of benzene rings is 1. The molecule has 0 spiro atoms. The van der Waals surface area contributed by atoms with E-state index in [1.807, 2.05) is 32.0 Å². The lowest BCUT2D eigenvalue weighted by Crippen LogP contribution is -2.03. The summed E-state index contributed by atoms with van der Waals surface area (Å²) in [5, 5.41) is 0. The van der Waals surface area contributed by atoms with Gasteiger partial charge in [0.1, 0.15) is 6.29 Å². The zero-order valence-electron chi connectivity index (χ0n) is 8.08. The number of hydrogen-bond acceptors (Lipinski definition) is 2. The Kier molecular flexibility index (Phi) is 3.07. The van der Waals surface area contributed by atoms with Gasteiger partial charge in [-0.3, -0.25) is 0 Å². The predicted octanol–water partition coefficient (Wildman–Crippen LogP) is 1.95. The summed E-state index contributed by atoms with van der Waals surface area (Å²) in [6.45, 7) is 3.90. The van der Waals surface area contributed by atoms with Crippen molar-refractivity contribution in [2.45, 2.75) is 20.3 Å². The van der Waals surface area contributed by atoms with Crippen LogP contribution >= 0.6 is 0 Å². The Labute approximate surface area is 78.8 Å². The molecule has 1 unspecified atom stereocenters. The van der Waals surface area contributed by atoms with Gasteiger partial charge < -0.3 is 10.5 Å². The van der Waals surface area contributed by atoms with Gasteiger partial charge in [0.05, 0.1) is 0 Å². The average molecular weight is 177 g/mol. The lowest BCUT2D eigenvalue weighted by atomic mass is 9.97. The molecule has 0 fully saturated rings. The molecule has 0 radical (unpaired) electrons. The van der Waals surface area contributed by atoms with Gasteiger partial charge in [-0.05, 0) is 30.5 Å². The van der Waals surface area contributed by atoms with Crippen LogP contribution < -0.4 is 5.73 Å². The maximum Gasteiger partial charge on any atom is 0.123 e. The number of hydrogen-bond donors (Lipinski definition) is 1. The number of carbonyl (C=O) groups excluding carboxylic acids is 1. The molecule has 2 nitrogen and oxygen atoms in total. The van der Waals surface area contributed by atoms with Crippen molar-refractivity contribution in [3.8, 4) is 0 Å². The second kappa shape index (κ2) is 4.08. The summed E-state index contributed by atoms with van der Waals surface area (Å²) in [4.78, 5) is 10.5. The van der Waals surface area contributed by atoms with Crippen molar-refractivity contribution in [1.29, 1.82) is 0 Å². The molecule has 0 amide bonds. The molecule has 2 N–H and O–H groups in total. The topological polar surface area (TPSA) is 43.1 Å². The van der Waals surface area contributed by atoms with Crippen LogP contribution in [-0.2, 0) is 11.2 Å². The SMILES string of the molecule is Cc1c(N)cccc1CC(C)C=O. The maximum absolute atomic E-state index is 10.5. The Morgan fingerprint density at radius 1 is 1.54 bits per heavy atom. The first-order chi connectivity index (χ1) is 6.15. The van der Waals surface area contributed by atoms with E-state index in [1.165, 1.54) is 5.56 Å². The molecule has 1 atom stereocenters. The van der Waals surface area contributed by atoms with E-state index in [4.69, 9.17) is 5.73 Å². The lowest BCUT2D eigenvalue weighted by Gasteiger charge is -2.09. The molecular weight excluding hydrogens is 162 g/mol. The van der Waals surface area contributed by atoms with Crippen molar-refractivity contribution in [2.75, 3.05) is 5.73 Å². The summed E-state index contributed by atoms with van der Waals surface area (Å²) in [6.07, 6.45) is 1.75. The maximum atomic E-state index is 10.5. The van der Waals surface area contributed by atoms with E-state index < -0.39 is 0 Å². The minimum atomic E-state index is 0.0699. The summed E-state index contributed by atoms with van der Waals surface area (Å²) >= 11 is 0. The Balaban J connectivity index is 2.88. The zero-order valence-corrected chi connectivity index (χ0v) is 8.08. The first-order valence-electron chi connectivity index (χ1n) is 4.44. The Morgan fingerprint density at radius 2 is 2.23 bits per heavy atom. The van der Waals surface area contributed by atoms with Gasteiger partial charge in [-0.2, -0.15) is 0 Å². The molecule has 1 aromatic rings. The van der Waals surface area contributed by atoms with Crippen LogP contribution in [0.1, 0.15) is 18.1 Å². The van der Waals surface area contributed by atoms with Gasteiger partial charge >= 0.3 is 0 Å². The molecule has 13 heavy (non-hydrogen) atoms. The predicted molar refractivity (Wildman–Crippen MR) is 54.5 cm³/mol. The average Bonchev–Trinajstić information content (AvgIpc) is 2.13. The Bertz CT molecular complexity index is 307. The molecule has 0 saturated carbocycles. The molecule has 0 heterocycles. The molecular formula is C11H15NO. The normalized spacial score (nSPS) is 12.5. The summed E-state index contributed by atoms with van der Waals surface area (Å²) in [6, 6.07) is 5.82. The minimum Gasteiger partial charge on any atom is -0.399 e. The standard InChI is InChI=1S/C11H15NO/c1-8(7-13)6-10-4-3-5-11(12)9(10)2/h3-5,7-8H,6,12H2,1-2H3.